The van der Waals surface area contributed by atoms with E-state index in [0.717, 1.165) is 31.6 Å². The molecule has 108 valence electrons. The van der Waals surface area contributed by atoms with Gasteiger partial charge < -0.3 is 10.6 Å². The molecule has 1 heterocycles. The van der Waals surface area contributed by atoms with Gasteiger partial charge in [0.05, 0.1) is 10.6 Å². The van der Waals surface area contributed by atoms with Gasteiger partial charge in [-0.25, -0.2) is 0 Å². The lowest BCUT2D eigenvalue weighted by molar-refractivity contribution is -0.384. The number of nitrogens with zero attached hydrogens (tertiary/aromatic N) is 2. The smallest absolute Gasteiger partial charge is 0.270 e. The summed E-state index contributed by atoms with van der Waals surface area (Å²) < 4.78 is 0.700. The van der Waals surface area contributed by atoms with Gasteiger partial charge in [0.2, 0.25) is 5.91 Å². The van der Waals surface area contributed by atoms with E-state index in [0.29, 0.717) is 10.9 Å². The number of non-ortho nitro benzene ring substituents is 1. The summed E-state index contributed by atoms with van der Waals surface area (Å²) in [5.74, 6) is -0.0250. The van der Waals surface area contributed by atoms with Crippen molar-refractivity contribution in [3.63, 3.8) is 0 Å². The van der Waals surface area contributed by atoms with Gasteiger partial charge in [-0.2, -0.15) is 0 Å². The second-order valence-electron chi connectivity index (χ2n) is 5.02. The van der Waals surface area contributed by atoms with Gasteiger partial charge in [0.1, 0.15) is 0 Å². The molecule has 1 aromatic rings. The second-order valence-corrected chi connectivity index (χ2v) is 5.87. The number of nitro groups is 1. The molecule has 1 aliphatic heterocycles. The van der Waals surface area contributed by atoms with Gasteiger partial charge in [0.15, 0.2) is 0 Å². The lowest BCUT2D eigenvalue weighted by Gasteiger charge is -2.34. The van der Waals surface area contributed by atoms with Crippen LogP contribution in [0.4, 0.5) is 11.4 Å². The van der Waals surface area contributed by atoms with Crippen molar-refractivity contribution in [2.45, 2.75) is 19.3 Å². The number of nitro benzene ring substituents is 1. The van der Waals surface area contributed by atoms with Crippen LogP contribution < -0.4 is 10.6 Å². The van der Waals surface area contributed by atoms with Crippen LogP contribution in [0.5, 0.6) is 0 Å². The van der Waals surface area contributed by atoms with Crippen molar-refractivity contribution in [2.75, 3.05) is 18.0 Å². The second kappa shape index (κ2) is 6.21. The Hall–Kier alpha value is -1.63. The predicted octanol–water partition coefficient (Wildman–Crippen LogP) is 2.45. The number of rotatable bonds is 4. The molecule has 0 aromatic heterocycles. The molecule has 0 spiro atoms. The number of hydrogen-bond acceptors (Lipinski definition) is 4. The first-order valence-corrected chi connectivity index (χ1v) is 7.24. The lowest BCUT2D eigenvalue weighted by atomic mass is 9.94. The molecule has 1 unspecified atom stereocenters. The molecule has 7 heteroatoms. The van der Waals surface area contributed by atoms with E-state index in [1.165, 1.54) is 12.1 Å². The van der Waals surface area contributed by atoms with E-state index in [-0.39, 0.29) is 17.5 Å². The number of anilines is 1. The number of carbonyl (C=O) groups is 1. The average Bonchev–Trinajstić information content (AvgIpc) is 2.38. The van der Waals surface area contributed by atoms with Crippen molar-refractivity contribution in [1.29, 1.82) is 0 Å². The van der Waals surface area contributed by atoms with E-state index >= 15 is 0 Å². The molecule has 1 atom stereocenters. The van der Waals surface area contributed by atoms with Crippen molar-refractivity contribution < 1.29 is 9.72 Å². The molecule has 0 bridgehead atoms. The number of benzene rings is 1. The Morgan fingerprint density at radius 2 is 2.30 bits per heavy atom. The van der Waals surface area contributed by atoms with Crippen LogP contribution in [0, 0.1) is 16.0 Å². The van der Waals surface area contributed by atoms with Gasteiger partial charge in [-0.15, -0.1) is 0 Å². The minimum absolute atomic E-state index is 0.0614. The Balaban J connectivity index is 2.14. The van der Waals surface area contributed by atoms with Gasteiger partial charge in [0.25, 0.3) is 5.69 Å². The van der Waals surface area contributed by atoms with Crippen LogP contribution in [-0.4, -0.2) is 23.9 Å². The van der Waals surface area contributed by atoms with Crippen molar-refractivity contribution in [2.24, 2.45) is 11.7 Å². The normalized spacial score (nSPS) is 18.9. The molecule has 1 aromatic carbocycles. The molecule has 6 nitrogen and oxygen atoms in total. The quantitative estimate of drug-likeness (QED) is 0.672. The number of piperidine rings is 1. The topological polar surface area (TPSA) is 89.5 Å². The number of hydrogen-bond donors (Lipinski definition) is 1. The fourth-order valence-electron chi connectivity index (χ4n) is 2.60. The largest absolute Gasteiger partial charge is 0.370 e. The maximum absolute atomic E-state index is 11.0. The third-order valence-electron chi connectivity index (χ3n) is 3.49. The molecule has 1 amide bonds. The van der Waals surface area contributed by atoms with Crippen molar-refractivity contribution >= 4 is 33.2 Å². The van der Waals surface area contributed by atoms with E-state index in [1.54, 1.807) is 6.07 Å². The highest BCUT2D eigenvalue weighted by atomic mass is 79.9. The number of primary amides is 1. The van der Waals surface area contributed by atoms with Crippen LogP contribution in [-0.2, 0) is 4.79 Å². The van der Waals surface area contributed by atoms with Crippen molar-refractivity contribution in [3.8, 4) is 0 Å². The number of halogens is 1. The van der Waals surface area contributed by atoms with E-state index in [9.17, 15) is 14.9 Å². The number of amides is 1. The Morgan fingerprint density at radius 1 is 1.55 bits per heavy atom. The van der Waals surface area contributed by atoms with Crippen LogP contribution in [0.1, 0.15) is 19.3 Å². The molecule has 0 saturated carbocycles. The number of carbonyl (C=O) groups excluding carboxylic acids is 1. The highest BCUT2D eigenvalue weighted by molar-refractivity contribution is 9.10. The summed E-state index contributed by atoms with van der Waals surface area (Å²) in [4.78, 5) is 23.5. The predicted molar refractivity (Wildman–Crippen MR) is 79.5 cm³/mol. The Labute approximate surface area is 125 Å². The maximum atomic E-state index is 11.0. The molecule has 0 aliphatic carbocycles. The van der Waals surface area contributed by atoms with E-state index < -0.39 is 4.92 Å². The lowest BCUT2D eigenvalue weighted by Crippen LogP contribution is -2.37. The van der Waals surface area contributed by atoms with E-state index in [2.05, 4.69) is 20.8 Å². The molecule has 0 radical (unpaired) electrons. The summed E-state index contributed by atoms with van der Waals surface area (Å²) in [5.41, 5.74) is 6.23. The molecular formula is C13H16BrN3O3. The zero-order valence-corrected chi connectivity index (χ0v) is 12.5. The van der Waals surface area contributed by atoms with Gasteiger partial charge >= 0.3 is 0 Å². The molecule has 1 aliphatic rings. The first-order valence-electron chi connectivity index (χ1n) is 6.44. The third kappa shape index (κ3) is 3.47. The SMILES string of the molecule is NC(=O)CC1CCCN(c2ccc([N+](=O)[O-])cc2Br)C1. The van der Waals surface area contributed by atoms with Crippen molar-refractivity contribution in [3.05, 3.63) is 32.8 Å². The van der Waals surface area contributed by atoms with Gasteiger partial charge in [0, 0.05) is 36.1 Å². The van der Waals surface area contributed by atoms with Crippen LogP contribution in [0.25, 0.3) is 0 Å². The summed E-state index contributed by atoms with van der Waals surface area (Å²) in [6.07, 6.45) is 2.37. The first-order chi connectivity index (χ1) is 9.47. The molecule has 1 saturated heterocycles. The van der Waals surface area contributed by atoms with Gasteiger partial charge in [-0.1, -0.05) is 0 Å². The molecule has 20 heavy (non-hydrogen) atoms. The summed E-state index contributed by atoms with van der Waals surface area (Å²) in [5, 5.41) is 10.7. The van der Waals surface area contributed by atoms with Crippen LogP contribution >= 0.6 is 15.9 Å². The first kappa shape index (κ1) is 14.8. The minimum atomic E-state index is -0.416. The van der Waals surface area contributed by atoms with Crippen molar-refractivity contribution in [1.82, 2.24) is 0 Å². The highest BCUT2D eigenvalue weighted by Crippen LogP contribution is 2.33. The zero-order valence-electron chi connectivity index (χ0n) is 10.9. The third-order valence-corrected chi connectivity index (χ3v) is 4.13. The highest BCUT2D eigenvalue weighted by Gasteiger charge is 2.23. The monoisotopic (exact) mass is 341 g/mol. The summed E-state index contributed by atoms with van der Waals surface area (Å²) in [6.45, 7) is 1.63. The molecule has 1 fully saturated rings. The summed E-state index contributed by atoms with van der Waals surface area (Å²) in [6, 6.07) is 4.75. The Kier molecular flexibility index (Phi) is 4.59. The van der Waals surface area contributed by atoms with E-state index in [4.69, 9.17) is 5.73 Å². The molecule has 2 rings (SSSR count). The average molecular weight is 342 g/mol. The minimum Gasteiger partial charge on any atom is -0.370 e. The maximum Gasteiger partial charge on any atom is 0.270 e. The summed E-state index contributed by atoms with van der Waals surface area (Å²) in [7, 11) is 0. The molecular weight excluding hydrogens is 326 g/mol. The zero-order chi connectivity index (χ0) is 14.7. The Morgan fingerprint density at radius 3 is 2.90 bits per heavy atom. The standard InChI is InChI=1S/C13H16BrN3O3/c14-11-7-10(17(19)20)3-4-12(11)16-5-1-2-9(8-16)6-13(15)18/h3-4,7,9H,1-2,5-6,8H2,(H2,15,18). The number of nitrogens with two attached hydrogens (primary N) is 1. The Bertz CT molecular complexity index is 536. The van der Waals surface area contributed by atoms with Crippen LogP contribution in [0.2, 0.25) is 0 Å². The fourth-order valence-corrected chi connectivity index (χ4v) is 3.22. The van der Waals surface area contributed by atoms with Crippen LogP contribution in [0.15, 0.2) is 22.7 Å². The molecule has 2 N–H and O–H groups in total. The summed E-state index contributed by atoms with van der Waals surface area (Å²) >= 11 is 3.38. The van der Waals surface area contributed by atoms with E-state index in [1.807, 2.05) is 0 Å². The van der Waals surface area contributed by atoms with Gasteiger partial charge in [-0.3, -0.25) is 14.9 Å². The van der Waals surface area contributed by atoms with Gasteiger partial charge in [-0.05, 0) is 40.8 Å². The van der Waals surface area contributed by atoms with Crippen LogP contribution in [0.3, 0.4) is 0 Å². The fraction of sp³-hybridized carbons (Fsp3) is 0.462.